The summed E-state index contributed by atoms with van der Waals surface area (Å²) in [6.45, 7) is 2.20. The van der Waals surface area contributed by atoms with Crippen molar-refractivity contribution in [3.63, 3.8) is 0 Å². The first kappa shape index (κ1) is 10.7. The lowest BCUT2D eigenvalue weighted by Crippen LogP contribution is -2.29. The molecule has 1 aromatic heterocycles. The van der Waals surface area contributed by atoms with Crippen molar-refractivity contribution in [1.82, 2.24) is 14.8 Å². The van der Waals surface area contributed by atoms with E-state index >= 15 is 0 Å². The monoisotopic (exact) mass is 220 g/mol. The number of likely N-dealkylation sites (N-methyl/N-ethyl adjacent to an activating group) is 1. The Morgan fingerprint density at radius 1 is 1.50 bits per heavy atom. The maximum atomic E-state index is 11.7. The van der Waals surface area contributed by atoms with E-state index in [-0.39, 0.29) is 6.03 Å². The first-order chi connectivity index (χ1) is 7.72. The van der Waals surface area contributed by atoms with Crippen LogP contribution < -0.4 is 5.32 Å². The molecule has 1 aliphatic rings. The SMILES string of the molecule is CNc1ncccc1CN1CCN(C)C1=O. The van der Waals surface area contributed by atoms with Gasteiger partial charge in [-0.25, -0.2) is 9.78 Å². The zero-order valence-electron chi connectivity index (χ0n) is 9.60. The summed E-state index contributed by atoms with van der Waals surface area (Å²) in [6.07, 6.45) is 1.74. The summed E-state index contributed by atoms with van der Waals surface area (Å²) in [5.41, 5.74) is 1.05. The Kier molecular flexibility index (Phi) is 2.94. The molecule has 0 aromatic carbocycles. The number of hydrogen-bond donors (Lipinski definition) is 1. The second-order valence-electron chi connectivity index (χ2n) is 3.89. The number of urea groups is 1. The molecule has 0 spiro atoms. The van der Waals surface area contributed by atoms with E-state index in [0.29, 0.717) is 6.54 Å². The normalized spacial score (nSPS) is 15.8. The Hall–Kier alpha value is -1.78. The fourth-order valence-electron chi connectivity index (χ4n) is 1.85. The third kappa shape index (κ3) is 1.93. The average Bonchev–Trinajstić information content (AvgIpc) is 2.62. The van der Waals surface area contributed by atoms with E-state index in [2.05, 4.69) is 10.3 Å². The highest BCUT2D eigenvalue weighted by molar-refractivity contribution is 5.76. The number of hydrogen-bond acceptors (Lipinski definition) is 3. The number of anilines is 1. The highest BCUT2D eigenvalue weighted by atomic mass is 16.2. The first-order valence-corrected chi connectivity index (χ1v) is 5.34. The van der Waals surface area contributed by atoms with Crippen LogP contribution >= 0.6 is 0 Å². The van der Waals surface area contributed by atoms with Crippen molar-refractivity contribution in [3.05, 3.63) is 23.9 Å². The van der Waals surface area contributed by atoms with Gasteiger partial charge in [0.05, 0.1) is 6.54 Å². The number of amides is 2. The molecular weight excluding hydrogens is 204 g/mol. The van der Waals surface area contributed by atoms with Crippen LogP contribution in [0.1, 0.15) is 5.56 Å². The Morgan fingerprint density at radius 2 is 2.31 bits per heavy atom. The van der Waals surface area contributed by atoms with Crippen molar-refractivity contribution in [2.24, 2.45) is 0 Å². The van der Waals surface area contributed by atoms with Crippen LogP contribution in [0.4, 0.5) is 10.6 Å². The Labute approximate surface area is 95.1 Å². The molecule has 1 aromatic rings. The van der Waals surface area contributed by atoms with Gasteiger partial charge in [-0.1, -0.05) is 6.07 Å². The summed E-state index contributed by atoms with van der Waals surface area (Å²) in [5.74, 6) is 0.838. The topological polar surface area (TPSA) is 48.5 Å². The number of nitrogens with zero attached hydrogens (tertiary/aromatic N) is 3. The summed E-state index contributed by atoms with van der Waals surface area (Å²) >= 11 is 0. The number of rotatable bonds is 3. The van der Waals surface area contributed by atoms with E-state index in [9.17, 15) is 4.79 Å². The second-order valence-corrected chi connectivity index (χ2v) is 3.89. The lowest BCUT2D eigenvalue weighted by atomic mass is 10.2. The van der Waals surface area contributed by atoms with Crippen LogP contribution in [-0.2, 0) is 6.54 Å². The molecule has 86 valence electrons. The quantitative estimate of drug-likeness (QED) is 0.826. The standard InChI is InChI=1S/C11H16N4O/c1-12-10-9(4-3-5-13-10)8-15-7-6-14(2)11(15)16/h3-5H,6-8H2,1-2H3,(H,12,13). The van der Waals surface area contributed by atoms with Crippen LogP contribution in [0.2, 0.25) is 0 Å². The van der Waals surface area contributed by atoms with Crippen LogP contribution in [0.25, 0.3) is 0 Å². The molecular formula is C11H16N4O. The van der Waals surface area contributed by atoms with Gasteiger partial charge in [-0.05, 0) is 6.07 Å². The summed E-state index contributed by atoms with van der Waals surface area (Å²) in [5, 5.41) is 3.03. The highest BCUT2D eigenvalue weighted by Crippen LogP contribution is 2.16. The molecule has 1 fully saturated rings. The molecule has 0 unspecified atom stereocenters. The van der Waals surface area contributed by atoms with Gasteiger partial charge in [0, 0.05) is 38.9 Å². The van der Waals surface area contributed by atoms with Gasteiger partial charge in [0.2, 0.25) is 0 Å². The number of aromatic nitrogens is 1. The molecule has 1 N–H and O–H groups in total. The van der Waals surface area contributed by atoms with E-state index in [4.69, 9.17) is 0 Å². The Bertz CT molecular complexity index is 393. The van der Waals surface area contributed by atoms with Gasteiger partial charge in [-0.3, -0.25) is 0 Å². The van der Waals surface area contributed by atoms with Gasteiger partial charge in [0.1, 0.15) is 5.82 Å². The van der Waals surface area contributed by atoms with E-state index in [1.807, 2.05) is 31.1 Å². The largest absolute Gasteiger partial charge is 0.373 e. The molecule has 0 saturated carbocycles. The van der Waals surface area contributed by atoms with Crippen molar-refractivity contribution < 1.29 is 4.79 Å². The maximum Gasteiger partial charge on any atom is 0.320 e. The predicted molar refractivity (Wildman–Crippen MR) is 62.2 cm³/mol. The minimum absolute atomic E-state index is 0.0888. The minimum Gasteiger partial charge on any atom is -0.373 e. The van der Waals surface area contributed by atoms with E-state index in [1.165, 1.54) is 0 Å². The van der Waals surface area contributed by atoms with Crippen molar-refractivity contribution in [3.8, 4) is 0 Å². The third-order valence-corrected chi connectivity index (χ3v) is 2.79. The van der Waals surface area contributed by atoms with Gasteiger partial charge in [-0.2, -0.15) is 0 Å². The molecule has 16 heavy (non-hydrogen) atoms. The number of carbonyl (C=O) groups is 1. The molecule has 2 rings (SSSR count). The van der Waals surface area contributed by atoms with Crippen molar-refractivity contribution >= 4 is 11.8 Å². The van der Waals surface area contributed by atoms with E-state index < -0.39 is 0 Å². The molecule has 1 saturated heterocycles. The maximum absolute atomic E-state index is 11.7. The van der Waals surface area contributed by atoms with Crippen LogP contribution in [-0.4, -0.2) is 48.0 Å². The molecule has 0 aliphatic carbocycles. The molecule has 0 atom stereocenters. The van der Waals surface area contributed by atoms with Crippen LogP contribution in [0.5, 0.6) is 0 Å². The lowest BCUT2D eigenvalue weighted by Gasteiger charge is -2.17. The molecule has 0 radical (unpaired) electrons. The Balaban J connectivity index is 2.12. The van der Waals surface area contributed by atoms with Gasteiger partial charge in [0.25, 0.3) is 0 Å². The zero-order chi connectivity index (χ0) is 11.5. The Morgan fingerprint density at radius 3 is 2.94 bits per heavy atom. The molecule has 2 heterocycles. The fraction of sp³-hybridized carbons (Fsp3) is 0.455. The zero-order valence-corrected chi connectivity index (χ0v) is 9.60. The van der Waals surface area contributed by atoms with Crippen molar-refractivity contribution in [1.29, 1.82) is 0 Å². The van der Waals surface area contributed by atoms with Crippen LogP contribution in [0.15, 0.2) is 18.3 Å². The van der Waals surface area contributed by atoms with E-state index in [1.54, 1.807) is 11.1 Å². The average molecular weight is 220 g/mol. The third-order valence-electron chi connectivity index (χ3n) is 2.79. The molecule has 5 nitrogen and oxygen atoms in total. The number of carbonyl (C=O) groups excluding carboxylic acids is 1. The fourth-order valence-corrected chi connectivity index (χ4v) is 1.85. The minimum atomic E-state index is 0.0888. The second kappa shape index (κ2) is 4.38. The molecule has 5 heteroatoms. The van der Waals surface area contributed by atoms with E-state index in [0.717, 1.165) is 24.5 Å². The first-order valence-electron chi connectivity index (χ1n) is 5.34. The van der Waals surface area contributed by atoms with Crippen molar-refractivity contribution in [2.75, 3.05) is 32.5 Å². The van der Waals surface area contributed by atoms with Crippen LogP contribution in [0.3, 0.4) is 0 Å². The molecule has 2 amide bonds. The van der Waals surface area contributed by atoms with Crippen LogP contribution in [0, 0.1) is 0 Å². The summed E-state index contributed by atoms with van der Waals surface area (Å²) in [6, 6.07) is 3.97. The van der Waals surface area contributed by atoms with Gasteiger partial charge >= 0.3 is 6.03 Å². The summed E-state index contributed by atoms with van der Waals surface area (Å²) in [4.78, 5) is 19.5. The highest BCUT2D eigenvalue weighted by Gasteiger charge is 2.25. The van der Waals surface area contributed by atoms with Gasteiger partial charge < -0.3 is 15.1 Å². The van der Waals surface area contributed by atoms with Gasteiger partial charge in [-0.15, -0.1) is 0 Å². The lowest BCUT2D eigenvalue weighted by molar-refractivity contribution is 0.197. The molecule has 0 bridgehead atoms. The number of pyridine rings is 1. The van der Waals surface area contributed by atoms with Crippen molar-refractivity contribution in [2.45, 2.75) is 6.54 Å². The number of nitrogens with one attached hydrogen (secondary N) is 1. The predicted octanol–water partition coefficient (Wildman–Crippen LogP) is 0.991. The molecule has 1 aliphatic heterocycles. The smallest absolute Gasteiger partial charge is 0.320 e. The summed E-state index contributed by atoms with van der Waals surface area (Å²) < 4.78 is 0. The van der Waals surface area contributed by atoms with Gasteiger partial charge in [0.15, 0.2) is 0 Å². The summed E-state index contributed by atoms with van der Waals surface area (Å²) in [7, 11) is 3.66.